The predicted molar refractivity (Wildman–Crippen MR) is 100.0 cm³/mol. The van der Waals surface area contributed by atoms with Crippen molar-refractivity contribution in [3.63, 3.8) is 0 Å². The highest BCUT2D eigenvalue weighted by Gasteiger charge is 2.11. The molecule has 0 aromatic heterocycles. The van der Waals surface area contributed by atoms with Crippen LogP contribution in [-0.4, -0.2) is 19.4 Å². The molecule has 0 amide bonds. The van der Waals surface area contributed by atoms with Crippen molar-refractivity contribution < 1.29 is 9.47 Å². The van der Waals surface area contributed by atoms with Crippen molar-refractivity contribution in [3.8, 4) is 11.5 Å². The molecule has 0 radical (unpaired) electrons. The largest absolute Gasteiger partial charge is 0.493 e. The van der Waals surface area contributed by atoms with Crippen LogP contribution in [0.3, 0.4) is 0 Å². The Hall–Kier alpha value is -2.81. The van der Waals surface area contributed by atoms with Crippen LogP contribution in [0.5, 0.6) is 11.5 Å². The van der Waals surface area contributed by atoms with Gasteiger partial charge in [-0.25, -0.2) is 0 Å². The molecule has 0 aliphatic carbocycles. The van der Waals surface area contributed by atoms with Gasteiger partial charge in [-0.1, -0.05) is 42.5 Å². The molecule has 0 unspecified atom stereocenters. The number of hydrogen-bond acceptors (Lipinski definition) is 3. The minimum atomic E-state index is 0.0611. The van der Waals surface area contributed by atoms with Crippen LogP contribution in [0.15, 0.2) is 65.7 Å². The molecule has 3 heteroatoms. The topological polar surface area (TPSA) is 30.8 Å². The van der Waals surface area contributed by atoms with E-state index in [0.29, 0.717) is 5.75 Å². The quantitative estimate of drug-likeness (QED) is 0.591. The van der Waals surface area contributed by atoms with Crippen LogP contribution in [0.25, 0.3) is 10.8 Å². The Labute approximate surface area is 142 Å². The van der Waals surface area contributed by atoms with E-state index in [9.17, 15) is 0 Å². The lowest BCUT2D eigenvalue weighted by molar-refractivity contribution is 0.230. The average Bonchev–Trinajstić information content (AvgIpc) is 2.60. The van der Waals surface area contributed by atoms with Gasteiger partial charge in [-0.05, 0) is 37.4 Å². The first-order valence-corrected chi connectivity index (χ1v) is 8.04. The molecule has 0 fully saturated rings. The third-order valence-electron chi connectivity index (χ3n) is 3.69. The average molecular weight is 319 g/mol. The van der Waals surface area contributed by atoms with Crippen molar-refractivity contribution in [1.82, 2.24) is 0 Å². The Kier molecular flexibility index (Phi) is 4.80. The summed E-state index contributed by atoms with van der Waals surface area (Å²) >= 11 is 0. The number of benzene rings is 3. The summed E-state index contributed by atoms with van der Waals surface area (Å²) in [4.78, 5) is 4.69. The summed E-state index contributed by atoms with van der Waals surface area (Å²) in [5.74, 6) is 1.43. The van der Waals surface area contributed by atoms with Gasteiger partial charge in [0.1, 0.15) is 0 Å². The van der Waals surface area contributed by atoms with Crippen LogP contribution in [-0.2, 0) is 0 Å². The smallest absolute Gasteiger partial charge is 0.170 e. The maximum Gasteiger partial charge on any atom is 0.170 e. The molecule has 0 aliphatic heterocycles. The second-order valence-corrected chi connectivity index (χ2v) is 5.80. The summed E-state index contributed by atoms with van der Waals surface area (Å²) in [6.45, 7) is 4.00. The molecule has 0 bridgehead atoms. The highest BCUT2D eigenvalue weighted by molar-refractivity contribution is 5.96. The first-order valence-electron chi connectivity index (χ1n) is 8.04. The van der Waals surface area contributed by atoms with Crippen molar-refractivity contribution >= 4 is 22.7 Å². The van der Waals surface area contributed by atoms with Crippen molar-refractivity contribution in [3.05, 3.63) is 66.2 Å². The summed E-state index contributed by atoms with van der Waals surface area (Å²) in [5.41, 5.74) is 1.84. The van der Waals surface area contributed by atoms with Gasteiger partial charge in [0.2, 0.25) is 0 Å². The molecule has 0 N–H and O–H groups in total. The van der Waals surface area contributed by atoms with Crippen molar-refractivity contribution in [2.24, 2.45) is 4.99 Å². The number of methoxy groups -OCH3 is 1. The molecular weight excluding hydrogens is 298 g/mol. The van der Waals surface area contributed by atoms with Gasteiger partial charge in [0.05, 0.1) is 18.9 Å². The molecule has 3 rings (SSSR count). The van der Waals surface area contributed by atoms with Gasteiger partial charge in [-0.15, -0.1) is 0 Å². The van der Waals surface area contributed by atoms with E-state index in [2.05, 4.69) is 23.2 Å². The van der Waals surface area contributed by atoms with E-state index in [0.717, 1.165) is 22.4 Å². The first-order chi connectivity index (χ1) is 11.7. The third kappa shape index (κ3) is 3.40. The summed E-state index contributed by atoms with van der Waals surface area (Å²) in [7, 11) is 1.65. The number of hydrogen-bond donors (Lipinski definition) is 0. The molecule has 3 aromatic carbocycles. The molecule has 0 aliphatic rings. The fraction of sp³-hybridized carbons (Fsp3) is 0.190. The monoisotopic (exact) mass is 319 g/mol. The summed E-state index contributed by atoms with van der Waals surface area (Å²) < 4.78 is 11.3. The van der Waals surface area contributed by atoms with E-state index in [4.69, 9.17) is 9.47 Å². The van der Waals surface area contributed by atoms with E-state index >= 15 is 0 Å². The van der Waals surface area contributed by atoms with Gasteiger partial charge >= 0.3 is 0 Å². The molecule has 3 aromatic rings. The van der Waals surface area contributed by atoms with E-state index in [-0.39, 0.29) is 6.10 Å². The van der Waals surface area contributed by atoms with Crippen LogP contribution < -0.4 is 9.47 Å². The van der Waals surface area contributed by atoms with E-state index in [1.54, 1.807) is 7.11 Å². The van der Waals surface area contributed by atoms with Gasteiger partial charge in [-0.2, -0.15) is 0 Å². The lowest BCUT2D eigenvalue weighted by Crippen LogP contribution is -2.08. The molecule has 0 heterocycles. The molecule has 0 saturated heterocycles. The van der Waals surface area contributed by atoms with Crippen molar-refractivity contribution in [2.75, 3.05) is 7.11 Å². The van der Waals surface area contributed by atoms with Crippen LogP contribution in [0.2, 0.25) is 0 Å². The minimum Gasteiger partial charge on any atom is -0.493 e. The van der Waals surface area contributed by atoms with Crippen LogP contribution in [0.4, 0.5) is 5.69 Å². The minimum absolute atomic E-state index is 0.0611. The second kappa shape index (κ2) is 7.18. The highest BCUT2D eigenvalue weighted by atomic mass is 16.5. The standard InChI is InChI=1S/C21H21NO2/c1-15(2)24-21-17(10-7-13-20(21)23-3)14-22-19-12-6-9-16-8-4-5-11-18(16)19/h4-15H,1-3H3. The fourth-order valence-electron chi connectivity index (χ4n) is 2.62. The van der Waals surface area contributed by atoms with Gasteiger partial charge in [0.25, 0.3) is 0 Å². The molecule has 24 heavy (non-hydrogen) atoms. The Balaban J connectivity index is 2.02. The van der Waals surface area contributed by atoms with Gasteiger partial charge in [0.15, 0.2) is 11.5 Å². The lowest BCUT2D eigenvalue weighted by Gasteiger charge is -2.15. The first kappa shape index (κ1) is 16.1. The molecule has 122 valence electrons. The zero-order chi connectivity index (χ0) is 16.9. The highest BCUT2D eigenvalue weighted by Crippen LogP contribution is 2.32. The molecule has 0 atom stereocenters. The zero-order valence-corrected chi connectivity index (χ0v) is 14.2. The maximum atomic E-state index is 5.93. The Bertz CT molecular complexity index is 863. The summed E-state index contributed by atoms with van der Waals surface area (Å²) in [6, 6.07) is 20.2. The van der Waals surface area contributed by atoms with Crippen LogP contribution in [0.1, 0.15) is 19.4 Å². The van der Waals surface area contributed by atoms with Crippen molar-refractivity contribution in [2.45, 2.75) is 20.0 Å². The molecule has 0 spiro atoms. The Morgan fingerprint density at radius 1 is 0.917 bits per heavy atom. The zero-order valence-electron chi connectivity index (χ0n) is 14.2. The summed E-state index contributed by atoms with van der Waals surface area (Å²) in [5, 5.41) is 2.31. The fourth-order valence-corrected chi connectivity index (χ4v) is 2.62. The number of nitrogens with zero attached hydrogens (tertiary/aromatic N) is 1. The lowest BCUT2D eigenvalue weighted by atomic mass is 10.1. The van der Waals surface area contributed by atoms with Gasteiger partial charge in [0, 0.05) is 17.2 Å². The molecule has 0 saturated carbocycles. The number of fused-ring (bicyclic) bond motifs is 1. The Morgan fingerprint density at radius 2 is 1.67 bits per heavy atom. The number of rotatable bonds is 5. The van der Waals surface area contributed by atoms with Gasteiger partial charge < -0.3 is 9.47 Å². The van der Waals surface area contributed by atoms with Crippen molar-refractivity contribution in [1.29, 1.82) is 0 Å². The summed E-state index contributed by atoms with van der Waals surface area (Å²) in [6.07, 6.45) is 1.90. The normalized spacial score (nSPS) is 11.3. The maximum absolute atomic E-state index is 5.93. The van der Waals surface area contributed by atoms with E-state index < -0.39 is 0 Å². The number of ether oxygens (including phenoxy) is 2. The molecule has 3 nitrogen and oxygen atoms in total. The third-order valence-corrected chi connectivity index (χ3v) is 3.69. The SMILES string of the molecule is COc1cccc(C=Nc2cccc3ccccc23)c1OC(C)C. The Morgan fingerprint density at radius 3 is 2.46 bits per heavy atom. The van der Waals surface area contributed by atoms with E-state index in [1.807, 2.05) is 62.5 Å². The van der Waals surface area contributed by atoms with Crippen LogP contribution >= 0.6 is 0 Å². The van der Waals surface area contributed by atoms with E-state index in [1.165, 1.54) is 5.39 Å². The van der Waals surface area contributed by atoms with Crippen LogP contribution in [0, 0.1) is 0 Å². The van der Waals surface area contributed by atoms with Gasteiger partial charge in [-0.3, -0.25) is 4.99 Å². The predicted octanol–water partition coefficient (Wildman–Crippen LogP) is 5.39. The molecular formula is C21H21NO2. The number of para-hydroxylation sites is 1. The number of aliphatic imine (C=N–C) groups is 1. The second-order valence-electron chi connectivity index (χ2n) is 5.80.